The van der Waals surface area contributed by atoms with E-state index in [1.807, 2.05) is 25.1 Å². The molecule has 0 aliphatic rings. The number of oxime groups is 1. The van der Waals surface area contributed by atoms with E-state index in [0.717, 1.165) is 5.56 Å². The van der Waals surface area contributed by atoms with Crippen LogP contribution in [-0.4, -0.2) is 33.3 Å². The predicted molar refractivity (Wildman–Crippen MR) is 74.2 cm³/mol. The quantitative estimate of drug-likeness (QED) is 0.223. The maximum absolute atomic E-state index is 11.2. The molecule has 0 aliphatic carbocycles. The average Bonchev–Trinajstić information content (AvgIpc) is 2.42. The maximum Gasteiger partial charge on any atom is 0.170 e. The summed E-state index contributed by atoms with van der Waals surface area (Å²) in [6.45, 7) is 3.30. The Morgan fingerprint density at radius 2 is 2.33 bits per heavy atom. The Morgan fingerprint density at radius 3 is 3.00 bits per heavy atom. The van der Waals surface area contributed by atoms with Crippen molar-refractivity contribution in [1.82, 2.24) is 5.32 Å². The molecule has 0 saturated heterocycles. The van der Waals surface area contributed by atoms with Crippen LogP contribution in [0.25, 0.3) is 0 Å². The number of rotatable bonds is 7. The van der Waals surface area contributed by atoms with Crippen molar-refractivity contribution < 1.29 is 9.42 Å². The van der Waals surface area contributed by atoms with E-state index >= 15 is 0 Å². The zero-order valence-electron chi connectivity index (χ0n) is 10.4. The van der Waals surface area contributed by atoms with Crippen LogP contribution in [0.4, 0.5) is 0 Å². The van der Waals surface area contributed by atoms with Gasteiger partial charge in [-0.25, -0.2) is 0 Å². The van der Waals surface area contributed by atoms with Crippen LogP contribution in [0, 0.1) is 0 Å². The summed E-state index contributed by atoms with van der Waals surface area (Å²) in [4.78, 5) is 0. The summed E-state index contributed by atoms with van der Waals surface area (Å²) in [7, 11) is -0.733. The molecule has 1 aromatic rings. The van der Waals surface area contributed by atoms with Crippen molar-refractivity contribution >= 4 is 16.6 Å². The van der Waals surface area contributed by atoms with E-state index in [9.17, 15) is 4.21 Å². The summed E-state index contributed by atoms with van der Waals surface area (Å²) in [6.07, 6.45) is 0. The molecule has 1 atom stereocenters. The number of nitrogens with zero attached hydrogens (tertiary/aromatic N) is 1. The number of nitrogens with one attached hydrogen (secondary N) is 1. The standard InChI is InChI=1S/C12H19N3O2S/c1-2-18(17)7-6-14-9-10-4-3-5-11(8-10)12(13)15-16/h3-5,8,14,16H,2,6-7,9H2,1H3,(H2,13,15). The fraction of sp³-hybridized carbons (Fsp3) is 0.417. The molecule has 0 aliphatic heterocycles. The molecule has 5 nitrogen and oxygen atoms in total. The van der Waals surface area contributed by atoms with Crippen molar-refractivity contribution in [1.29, 1.82) is 0 Å². The highest BCUT2D eigenvalue weighted by atomic mass is 32.2. The first-order chi connectivity index (χ1) is 8.67. The van der Waals surface area contributed by atoms with Gasteiger partial charge in [-0.15, -0.1) is 0 Å². The second-order valence-corrected chi connectivity index (χ2v) is 5.66. The molecule has 1 unspecified atom stereocenters. The minimum Gasteiger partial charge on any atom is -0.409 e. The zero-order chi connectivity index (χ0) is 13.4. The third-order valence-electron chi connectivity index (χ3n) is 2.49. The third kappa shape index (κ3) is 4.85. The largest absolute Gasteiger partial charge is 0.409 e. The lowest BCUT2D eigenvalue weighted by Crippen LogP contribution is -2.21. The van der Waals surface area contributed by atoms with Crippen molar-refractivity contribution in [2.75, 3.05) is 18.1 Å². The summed E-state index contributed by atoms with van der Waals surface area (Å²) in [5, 5.41) is 14.8. The van der Waals surface area contributed by atoms with Gasteiger partial charge in [-0.05, 0) is 11.6 Å². The zero-order valence-corrected chi connectivity index (χ0v) is 11.2. The Bertz CT molecular complexity index is 435. The Balaban J connectivity index is 2.45. The number of amidine groups is 1. The molecule has 18 heavy (non-hydrogen) atoms. The molecule has 4 N–H and O–H groups in total. The van der Waals surface area contributed by atoms with Gasteiger partial charge < -0.3 is 16.3 Å². The molecule has 1 rings (SSSR count). The first-order valence-corrected chi connectivity index (χ1v) is 7.28. The minimum absolute atomic E-state index is 0.101. The van der Waals surface area contributed by atoms with E-state index in [1.165, 1.54) is 0 Å². The Hall–Kier alpha value is -1.40. The molecule has 0 spiro atoms. The second kappa shape index (κ2) is 7.84. The molecular formula is C12H19N3O2S. The van der Waals surface area contributed by atoms with E-state index in [2.05, 4.69) is 10.5 Å². The van der Waals surface area contributed by atoms with E-state index in [1.54, 1.807) is 6.07 Å². The molecular weight excluding hydrogens is 250 g/mol. The lowest BCUT2D eigenvalue weighted by molar-refractivity contribution is 0.318. The van der Waals surface area contributed by atoms with Crippen LogP contribution in [0.2, 0.25) is 0 Å². The van der Waals surface area contributed by atoms with Gasteiger partial charge in [0.15, 0.2) is 5.84 Å². The molecule has 0 bridgehead atoms. The van der Waals surface area contributed by atoms with Gasteiger partial charge in [0.25, 0.3) is 0 Å². The molecule has 0 aromatic heterocycles. The van der Waals surface area contributed by atoms with Crippen molar-refractivity contribution in [2.45, 2.75) is 13.5 Å². The molecule has 0 heterocycles. The molecule has 0 amide bonds. The smallest absolute Gasteiger partial charge is 0.170 e. The lowest BCUT2D eigenvalue weighted by atomic mass is 10.1. The van der Waals surface area contributed by atoms with Crippen LogP contribution in [-0.2, 0) is 17.3 Å². The monoisotopic (exact) mass is 269 g/mol. The summed E-state index contributed by atoms with van der Waals surface area (Å²) in [6, 6.07) is 7.45. The van der Waals surface area contributed by atoms with E-state index < -0.39 is 10.8 Å². The van der Waals surface area contributed by atoms with Gasteiger partial charge in [0.1, 0.15) is 0 Å². The normalized spacial score (nSPS) is 13.5. The Morgan fingerprint density at radius 1 is 1.56 bits per heavy atom. The van der Waals surface area contributed by atoms with Gasteiger partial charge in [0, 0.05) is 41.0 Å². The number of benzene rings is 1. The van der Waals surface area contributed by atoms with Crippen molar-refractivity contribution in [2.24, 2.45) is 10.9 Å². The molecule has 6 heteroatoms. The third-order valence-corrected chi connectivity index (χ3v) is 3.79. The van der Waals surface area contributed by atoms with Crippen LogP contribution >= 0.6 is 0 Å². The topological polar surface area (TPSA) is 87.7 Å². The summed E-state index contributed by atoms with van der Waals surface area (Å²) in [5.41, 5.74) is 7.25. The van der Waals surface area contributed by atoms with E-state index in [-0.39, 0.29) is 5.84 Å². The summed E-state index contributed by atoms with van der Waals surface area (Å²) < 4.78 is 11.2. The highest BCUT2D eigenvalue weighted by Gasteiger charge is 2.01. The second-order valence-electron chi connectivity index (χ2n) is 3.80. The van der Waals surface area contributed by atoms with E-state index in [4.69, 9.17) is 10.9 Å². The van der Waals surface area contributed by atoms with E-state index in [0.29, 0.717) is 30.2 Å². The van der Waals surface area contributed by atoms with Gasteiger partial charge in [-0.3, -0.25) is 4.21 Å². The number of hydrogen-bond donors (Lipinski definition) is 3. The summed E-state index contributed by atoms with van der Waals surface area (Å²) >= 11 is 0. The van der Waals surface area contributed by atoms with Crippen LogP contribution < -0.4 is 11.1 Å². The molecule has 100 valence electrons. The van der Waals surface area contributed by atoms with Crippen molar-refractivity contribution in [3.8, 4) is 0 Å². The SMILES string of the molecule is CCS(=O)CCNCc1cccc(/C(N)=N/O)c1. The van der Waals surface area contributed by atoms with Crippen LogP contribution in [0.15, 0.2) is 29.4 Å². The van der Waals surface area contributed by atoms with Gasteiger partial charge >= 0.3 is 0 Å². The van der Waals surface area contributed by atoms with Gasteiger partial charge in [0.2, 0.25) is 0 Å². The van der Waals surface area contributed by atoms with Gasteiger partial charge in [-0.2, -0.15) is 0 Å². The van der Waals surface area contributed by atoms with Gasteiger partial charge in [0.05, 0.1) is 0 Å². The number of hydrogen-bond acceptors (Lipinski definition) is 4. The van der Waals surface area contributed by atoms with Crippen molar-refractivity contribution in [3.63, 3.8) is 0 Å². The van der Waals surface area contributed by atoms with Crippen molar-refractivity contribution in [3.05, 3.63) is 35.4 Å². The fourth-order valence-electron chi connectivity index (χ4n) is 1.46. The van der Waals surface area contributed by atoms with Gasteiger partial charge in [-0.1, -0.05) is 30.3 Å². The lowest BCUT2D eigenvalue weighted by Gasteiger charge is -2.06. The van der Waals surface area contributed by atoms with Crippen LogP contribution in [0.5, 0.6) is 0 Å². The molecule has 0 saturated carbocycles. The molecule has 0 radical (unpaired) electrons. The highest BCUT2D eigenvalue weighted by Crippen LogP contribution is 2.04. The Labute approximate surface area is 110 Å². The predicted octanol–water partition coefficient (Wildman–Crippen LogP) is 0.639. The Kier molecular flexibility index (Phi) is 6.38. The minimum atomic E-state index is -0.733. The van der Waals surface area contributed by atoms with Crippen LogP contribution in [0.1, 0.15) is 18.1 Å². The van der Waals surface area contributed by atoms with Crippen LogP contribution in [0.3, 0.4) is 0 Å². The average molecular weight is 269 g/mol. The highest BCUT2D eigenvalue weighted by molar-refractivity contribution is 7.84. The summed E-state index contributed by atoms with van der Waals surface area (Å²) in [5.74, 6) is 1.46. The molecule has 0 fully saturated rings. The maximum atomic E-state index is 11.2. The first kappa shape index (κ1) is 14.7. The fourth-order valence-corrected chi connectivity index (χ4v) is 2.12. The first-order valence-electron chi connectivity index (χ1n) is 5.80. The molecule has 1 aromatic carbocycles. The number of nitrogens with two attached hydrogens (primary N) is 1.